The quantitative estimate of drug-likeness (QED) is 0.863. The van der Waals surface area contributed by atoms with E-state index < -0.39 is 0 Å². The van der Waals surface area contributed by atoms with Crippen molar-refractivity contribution in [3.63, 3.8) is 0 Å². The van der Waals surface area contributed by atoms with Gasteiger partial charge in [-0.05, 0) is 25.0 Å². The molecule has 2 heterocycles. The number of H-pyrrole nitrogens is 1. The number of fused-ring (bicyclic) bond motifs is 1. The van der Waals surface area contributed by atoms with Crippen LogP contribution in [0.3, 0.4) is 0 Å². The fraction of sp³-hybridized carbons (Fsp3) is 0.250. The van der Waals surface area contributed by atoms with Crippen molar-refractivity contribution in [2.24, 2.45) is 0 Å². The molecule has 2 aromatic rings. The number of nitrogens with one attached hydrogen (secondary N) is 2. The van der Waals surface area contributed by atoms with E-state index in [0.29, 0.717) is 11.8 Å². The number of hydrogen-bond donors (Lipinski definition) is 2. The van der Waals surface area contributed by atoms with E-state index in [-0.39, 0.29) is 11.2 Å². The number of nitrogens with zero attached hydrogens (tertiary/aromatic N) is 2. The average molecular weight is 260 g/mol. The lowest BCUT2D eigenvalue weighted by atomic mass is 10.1. The molecule has 1 amide bonds. The zero-order chi connectivity index (χ0) is 12.5. The van der Waals surface area contributed by atoms with Gasteiger partial charge in [-0.3, -0.25) is 15.2 Å². The largest absolute Gasteiger partial charge is 0.292 e. The number of benzene rings is 1. The number of thioether (sulfide) groups is 1. The molecule has 0 saturated carbocycles. The van der Waals surface area contributed by atoms with E-state index in [1.165, 1.54) is 10.5 Å². The minimum atomic E-state index is -0.0961. The Bertz CT molecular complexity index is 570. The van der Waals surface area contributed by atoms with Gasteiger partial charge in [0.2, 0.25) is 11.9 Å². The van der Waals surface area contributed by atoms with Gasteiger partial charge in [-0.25, -0.2) is 0 Å². The summed E-state index contributed by atoms with van der Waals surface area (Å²) in [4.78, 5) is 17.3. The third kappa shape index (κ3) is 2.11. The van der Waals surface area contributed by atoms with Crippen LogP contribution in [0.15, 0.2) is 29.2 Å². The Kier molecular flexibility index (Phi) is 2.79. The van der Waals surface area contributed by atoms with Gasteiger partial charge in [0.05, 0.1) is 5.25 Å². The van der Waals surface area contributed by atoms with Gasteiger partial charge >= 0.3 is 0 Å². The molecule has 3 rings (SSSR count). The van der Waals surface area contributed by atoms with Crippen LogP contribution in [0.4, 0.5) is 5.95 Å². The molecule has 1 aliphatic heterocycles. The molecule has 92 valence electrons. The summed E-state index contributed by atoms with van der Waals surface area (Å²) in [6, 6.07) is 8.10. The molecule has 2 N–H and O–H groups in total. The summed E-state index contributed by atoms with van der Waals surface area (Å²) in [6.45, 7) is 1.79. The molecule has 1 aromatic carbocycles. The number of amides is 1. The van der Waals surface area contributed by atoms with Crippen LogP contribution in [0.25, 0.3) is 0 Å². The van der Waals surface area contributed by atoms with E-state index in [0.717, 1.165) is 6.42 Å². The van der Waals surface area contributed by atoms with E-state index in [9.17, 15) is 4.79 Å². The monoisotopic (exact) mass is 260 g/mol. The molecule has 1 aromatic heterocycles. The SMILES string of the molecule is Cc1nc(NC(=O)C2Cc3ccccc3S2)n[nH]1. The van der Waals surface area contributed by atoms with Crippen molar-refractivity contribution < 1.29 is 4.79 Å². The molecule has 0 spiro atoms. The van der Waals surface area contributed by atoms with Gasteiger partial charge in [0.1, 0.15) is 5.82 Å². The second-order valence-electron chi connectivity index (χ2n) is 4.15. The van der Waals surface area contributed by atoms with Gasteiger partial charge in [-0.1, -0.05) is 18.2 Å². The van der Waals surface area contributed by atoms with Crippen LogP contribution in [0.2, 0.25) is 0 Å². The molecule has 6 heteroatoms. The number of aromatic nitrogens is 3. The third-order valence-corrected chi connectivity index (χ3v) is 4.09. The Balaban J connectivity index is 1.69. The minimum absolute atomic E-state index is 0.0461. The van der Waals surface area contributed by atoms with E-state index in [4.69, 9.17) is 0 Å². The van der Waals surface area contributed by atoms with Gasteiger partial charge in [0, 0.05) is 4.90 Å². The summed E-state index contributed by atoms with van der Waals surface area (Å²) < 4.78 is 0. The Morgan fingerprint density at radius 2 is 2.33 bits per heavy atom. The van der Waals surface area contributed by atoms with Crippen LogP contribution in [0.1, 0.15) is 11.4 Å². The Hall–Kier alpha value is -1.82. The third-order valence-electron chi connectivity index (χ3n) is 2.77. The number of hydrogen-bond acceptors (Lipinski definition) is 4. The van der Waals surface area contributed by atoms with Crippen molar-refractivity contribution in [3.8, 4) is 0 Å². The zero-order valence-electron chi connectivity index (χ0n) is 9.80. The van der Waals surface area contributed by atoms with Crippen molar-refractivity contribution in [2.75, 3.05) is 5.32 Å². The molecule has 1 aliphatic rings. The summed E-state index contributed by atoms with van der Waals surface area (Å²) in [5.41, 5.74) is 1.23. The van der Waals surface area contributed by atoms with Crippen LogP contribution < -0.4 is 5.32 Å². The molecule has 0 radical (unpaired) electrons. The lowest BCUT2D eigenvalue weighted by molar-refractivity contribution is -0.115. The molecular weight excluding hydrogens is 248 g/mol. The van der Waals surface area contributed by atoms with Gasteiger partial charge in [-0.15, -0.1) is 16.9 Å². The maximum atomic E-state index is 12.1. The van der Waals surface area contributed by atoms with E-state index >= 15 is 0 Å². The highest BCUT2D eigenvalue weighted by atomic mass is 32.2. The van der Waals surface area contributed by atoms with Crippen LogP contribution in [0, 0.1) is 6.92 Å². The second-order valence-corrected chi connectivity index (χ2v) is 5.40. The maximum Gasteiger partial charge on any atom is 0.248 e. The lowest BCUT2D eigenvalue weighted by Gasteiger charge is -2.06. The molecule has 18 heavy (non-hydrogen) atoms. The number of aryl methyl sites for hydroxylation is 1. The fourth-order valence-corrected chi connectivity index (χ4v) is 3.11. The maximum absolute atomic E-state index is 12.1. The van der Waals surface area contributed by atoms with E-state index in [1.54, 1.807) is 18.7 Å². The molecular formula is C12H12N4OS. The standard InChI is InChI=1S/C12H12N4OS/c1-7-13-12(16-15-7)14-11(17)10-6-8-4-2-3-5-9(8)18-10/h2-5,10H,6H2,1H3,(H2,13,14,15,16,17). The van der Waals surface area contributed by atoms with Gasteiger partial charge in [-0.2, -0.15) is 4.98 Å². The van der Waals surface area contributed by atoms with Crippen LogP contribution >= 0.6 is 11.8 Å². The molecule has 0 aliphatic carbocycles. The van der Waals surface area contributed by atoms with Crippen molar-refractivity contribution in [1.82, 2.24) is 15.2 Å². The van der Waals surface area contributed by atoms with Crippen LogP contribution in [-0.2, 0) is 11.2 Å². The Morgan fingerprint density at radius 1 is 1.50 bits per heavy atom. The second kappa shape index (κ2) is 4.45. The first-order valence-corrected chi connectivity index (χ1v) is 6.55. The first kappa shape index (κ1) is 11.3. The highest BCUT2D eigenvalue weighted by molar-refractivity contribution is 8.01. The number of carbonyl (C=O) groups is 1. The number of rotatable bonds is 2. The summed E-state index contributed by atoms with van der Waals surface area (Å²) in [5, 5.41) is 9.23. The smallest absolute Gasteiger partial charge is 0.248 e. The zero-order valence-corrected chi connectivity index (χ0v) is 10.6. The van der Waals surface area contributed by atoms with E-state index in [1.807, 2.05) is 18.2 Å². The lowest BCUT2D eigenvalue weighted by Crippen LogP contribution is -2.25. The Morgan fingerprint density at radius 3 is 3.06 bits per heavy atom. The van der Waals surface area contributed by atoms with E-state index in [2.05, 4.69) is 26.6 Å². The topological polar surface area (TPSA) is 70.7 Å². The van der Waals surface area contributed by atoms with Gasteiger partial charge in [0.15, 0.2) is 0 Å². The predicted molar refractivity (Wildman–Crippen MR) is 69.5 cm³/mol. The van der Waals surface area contributed by atoms with Crippen molar-refractivity contribution in [2.45, 2.75) is 23.5 Å². The van der Waals surface area contributed by atoms with Gasteiger partial charge in [0.25, 0.3) is 0 Å². The molecule has 1 atom stereocenters. The van der Waals surface area contributed by atoms with Crippen molar-refractivity contribution >= 4 is 23.6 Å². The van der Waals surface area contributed by atoms with Crippen LogP contribution in [-0.4, -0.2) is 26.3 Å². The van der Waals surface area contributed by atoms with Gasteiger partial charge < -0.3 is 0 Å². The molecule has 0 saturated heterocycles. The highest BCUT2D eigenvalue weighted by Gasteiger charge is 2.28. The normalized spacial score (nSPS) is 17.5. The Labute approximate surface area is 108 Å². The predicted octanol–water partition coefficient (Wildman–Crippen LogP) is 1.77. The first-order chi connectivity index (χ1) is 8.72. The van der Waals surface area contributed by atoms with Crippen molar-refractivity contribution in [1.29, 1.82) is 0 Å². The van der Waals surface area contributed by atoms with Crippen molar-refractivity contribution in [3.05, 3.63) is 35.7 Å². The molecule has 0 bridgehead atoms. The summed E-state index contributed by atoms with van der Waals surface area (Å²) in [7, 11) is 0. The average Bonchev–Trinajstić information content (AvgIpc) is 2.95. The fourth-order valence-electron chi connectivity index (χ4n) is 1.92. The number of anilines is 1. The number of carbonyl (C=O) groups excluding carboxylic acids is 1. The van der Waals surface area contributed by atoms with Crippen LogP contribution in [0.5, 0.6) is 0 Å². The first-order valence-electron chi connectivity index (χ1n) is 5.67. The molecule has 5 nitrogen and oxygen atoms in total. The molecule has 0 fully saturated rings. The molecule has 1 unspecified atom stereocenters. The summed E-state index contributed by atoms with van der Waals surface area (Å²) >= 11 is 1.59. The summed E-state index contributed by atoms with van der Waals surface area (Å²) in [6.07, 6.45) is 0.760. The highest BCUT2D eigenvalue weighted by Crippen LogP contribution is 2.37. The minimum Gasteiger partial charge on any atom is -0.292 e. The summed E-state index contributed by atoms with van der Waals surface area (Å²) in [5.74, 6) is 0.983. The number of aromatic amines is 1.